The van der Waals surface area contributed by atoms with Crippen LogP contribution in [0, 0.1) is 23.7 Å². The van der Waals surface area contributed by atoms with Gasteiger partial charge in [0.05, 0.1) is 30.3 Å². The van der Waals surface area contributed by atoms with E-state index in [0.717, 1.165) is 12.5 Å². The zero-order valence-electron chi connectivity index (χ0n) is 30.6. The molecule has 1 unspecified atom stereocenters. The molecule has 282 valence electrons. The molecule has 11 atom stereocenters. The molecule has 0 aromatic heterocycles. The molecule has 14 nitrogen and oxygen atoms in total. The van der Waals surface area contributed by atoms with Gasteiger partial charge in [0.2, 0.25) is 0 Å². The maximum absolute atomic E-state index is 14.4. The molecule has 1 amide bonds. The van der Waals surface area contributed by atoms with Crippen molar-refractivity contribution in [2.75, 3.05) is 6.61 Å². The third kappa shape index (κ3) is 6.17. The second-order valence-corrected chi connectivity index (χ2v) is 16.3. The van der Waals surface area contributed by atoms with Gasteiger partial charge < -0.3 is 49.8 Å². The molecule has 51 heavy (non-hydrogen) atoms. The van der Waals surface area contributed by atoms with Crippen molar-refractivity contribution in [3.8, 4) is 0 Å². The lowest BCUT2D eigenvalue weighted by Crippen LogP contribution is -2.81. The van der Waals surface area contributed by atoms with E-state index in [0.29, 0.717) is 5.56 Å². The van der Waals surface area contributed by atoms with Crippen LogP contribution in [-0.2, 0) is 33.3 Å². The molecule has 6 N–H and O–H groups in total. The summed E-state index contributed by atoms with van der Waals surface area (Å²) in [5.41, 5.74) is -6.86. The average molecular weight is 718 g/mol. The van der Waals surface area contributed by atoms with Crippen LogP contribution in [0.3, 0.4) is 0 Å². The van der Waals surface area contributed by atoms with Crippen LogP contribution in [0.1, 0.15) is 85.4 Å². The number of benzene rings is 1. The lowest BCUT2D eigenvalue weighted by Gasteiger charge is -2.67. The second kappa shape index (κ2) is 12.9. The number of carbonyl (C=O) groups is 4. The van der Waals surface area contributed by atoms with Gasteiger partial charge in [-0.15, -0.1) is 0 Å². The van der Waals surface area contributed by atoms with E-state index in [4.69, 9.17) is 18.9 Å². The Balaban J connectivity index is 1.56. The van der Waals surface area contributed by atoms with Crippen molar-refractivity contribution in [2.45, 2.75) is 135 Å². The summed E-state index contributed by atoms with van der Waals surface area (Å²) in [4.78, 5) is 53.5. The summed E-state index contributed by atoms with van der Waals surface area (Å²) in [6, 6.07) is 5.36. The van der Waals surface area contributed by atoms with E-state index < -0.39 is 106 Å². The van der Waals surface area contributed by atoms with Crippen LogP contribution in [0.4, 0.5) is 4.79 Å². The number of ketones is 1. The number of esters is 2. The van der Waals surface area contributed by atoms with Gasteiger partial charge in [-0.05, 0) is 58.3 Å². The molecule has 3 aliphatic carbocycles. The number of amides is 1. The predicted molar refractivity (Wildman–Crippen MR) is 179 cm³/mol. The number of hydrogen-bond acceptors (Lipinski definition) is 13. The van der Waals surface area contributed by atoms with E-state index in [1.165, 1.54) is 27.7 Å². The first kappa shape index (κ1) is 38.8. The second-order valence-electron chi connectivity index (χ2n) is 16.3. The first-order chi connectivity index (χ1) is 23.4. The summed E-state index contributed by atoms with van der Waals surface area (Å²) in [6.45, 7) is 13.7. The van der Waals surface area contributed by atoms with E-state index in [2.05, 4.69) is 5.32 Å². The maximum Gasteiger partial charge on any atom is 0.408 e. The Labute approximate surface area is 297 Å². The molecule has 1 aromatic carbocycles. The van der Waals surface area contributed by atoms with Gasteiger partial charge in [0.1, 0.15) is 29.5 Å². The Morgan fingerprint density at radius 1 is 1.04 bits per heavy atom. The fourth-order valence-electron chi connectivity index (χ4n) is 8.79. The third-order valence-corrected chi connectivity index (χ3v) is 11.6. The quantitative estimate of drug-likeness (QED) is 0.140. The minimum Gasteiger partial charge on any atom is -0.456 e. The highest BCUT2D eigenvalue weighted by molar-refractivity contribution is 5.93. The number of rotatable bonds is 6. The highest BCUT2D eigenvalue weighted by atomic mass is 16.6. The smallest absolute Gasteiger partial charge is 0.408 e. The van der Waals surface area contributed by atoms with Crippen LogP contribution in [0.25, 0.3) is 0 Å². The fraction of sp³-hybridized carbons (Fsp3) is 0.676. The summed E-state index contributed by atoms with van der Waals surface area (Å²) in [7, 11) is 0. The van der Waals surface area contributed by atoms with Crippen LogP contribution in [0.2, 0.25) is 0 Å². The highest BCUT2D eigenvalue weighted by Crippen LogP contribution is 2.63. The lowest BCUT2D eigenvalue weighted by atomic mass is 9.44. The SMILES string of the molecule is CC(=O)OC12CO[C@@H]1C[C@H](O)[C@@]1(C)C(=O)[C@H](O)C3=C(C)[C@@H](OC(=O)[C@H](O)[C@@H](NC(=O)OC(C)(C)C)c4ccc(C)cc4)C[C@@](O)([C@@H](O)[C@H]21)C3(C)C. The van der Waals surface area contributed by atoms with E-state index in [1.807, 2.05) is 6.92 Å². The van der Waals surface area contributed by atoms with Crippen LogP contribution in [0.15, 0.2) is 35.4 Å². The highest BCUT2D eigenvalue weighted by Gasteiger charge is 2.76. The summed E-state index contributed by atoms with van der Waals surface area (Å²) < 4.78 is 22.7. The lowest BCUT2D eigenvalue weighted by molar-refractivity contribution is -0.346. The molecule has 5 rings (SSSR count). The van der Waals surface area contributed by atoms with Crippen LogP contribution < -0.4 is 5.32 Å². The number of carbonyl (C=O) groups excluding carboxylic acids is 4. The Hall–Kier alpha value is -3.40. The number of aliphatic hydroxyl groups excluding tert-OH is 4. The average Bonchev–Trinajstić information content (AvgIpc) is 3.01. The number of nitrogens with one attached hydrogen (secondary N) is 1. The standard InChI is InChI=1S/C37H51NO13/c1-17-10-12-20(13-11-17)25(38-32(46)51-33(4,5)6)27(42)31(45)49-21-15-37(47)30(44)28-35(9,29(43)26(41)24(18(21)2)34(37,7)8)22(40)14-23-36(28,16-48-23)50-19(3)39/h10-13,21-23,25-28,30,40-42,44,47H,14-16H2,1-9H3,(H,38,46)/t21-,22-,23+,25-,26+,27+,28-,30-,35+,36?,37+/m0/s1. The van der Waals surface area contributed by atoms with Gasteiger partial charge in [0.25, 0.3) is 0 Å². The van der Waals surface area contributed by atoms with Crippen molar-refractivity contribution in [1.29, 1.82) is 0 Å². The molecule has 0 radical (unpaired) electrons. The number of aryl methyl sites for hydroxylation is 1. The van der Waals surface area contributed by atoms with Gasteiger partial charge in [-0.1, -0.05) is 43.7 Å². The van der Waals surface area contributed by atoms with Crippen molar-refractivity contribution in [3.05, 3.63) is 46.5 Å². The monoisotopic (exact) mass is 717 g/mol. The van der Waals surface area contributed by atoms with Gasteiger partial charge in [0.15, 0.2) is 17.5 Å². The van der Waals surface area contributed by atoms with Crippen LogP contribution in [0.5, 0.6) is 0 Å². The Kier molecular flexibility index (Phi) is 9.84. The molecule has 3 fully saturated rings. The molecule has 1 heterocycles. The molecular formula is C37H51NO13. The molecule has 1 saturated heterocycles. The Bertz CT molecular complexity index is 1610. The van der Waals surface area contributed by atoms with Gasteiger partial charge >= 0.3 is 18.0 Å². The number of ether oxygens (including phenoxy) is 4. The number of fused-ring (bicyclic) bond motifs is 5. The number of Topliss-reactive ketones (excluding diaryl/α,β-unsaturated/α-hetero) is 1. The van der Waals surface area contributed by atoms with Crippen molar-refractivity contribution in [1.82, 2.24) is 5.32 Å². The molecule has 2 saturated carbocycles. The summed E-state index contributed by atoms with van der Waals surface area (Å²) >= 11 is 0. The van der Waals surface area contributed by atoms with Gasteiger partial charge in [0, 0.05) is 31.1 Å². The predicted octanol–water partition coefficient (Wildman–Crippen LogP) is 1.70. The van der Waals surface area contributed by atoms with Crippen LogP contribution in [-0.4, -0.2) is 109 Å². The van der Waals surface area contributed by atoms with Crippen molar-refractivity contribution in [3.63, 3.8) is 0 Å². The first-order valence-corrected chi connectivity index (χ1v) is 17.2. The third-order valence-electron chi connectivity index (χ3n) is 11.6. The molecule has 4 aliphatic rings. The van der Waals surface area contributed by atoms with E-state index >= 15 is 0 Å². The normalized spacial score (nSPS) is 36.9. The zero-order chi connectivity index (χ0) is 38.2. The van der Waals surface area contributed by atoms with Crippen molar-refractivity contribution >= 4 is 23.8 Å². The van der Waals surface area contributed by atoms with Gasteiger partial charge in [-0.25, -0.2) is 9.59 Å². The van der Waals surface area contributed by atoms with Gasteiger partial charge in [-0.2, -0.15) is 0 Å². The first-order valence-electron chi connectivity index (χ1n) is 17.2. The largest absolute Gasteiger partial charge is 0.456 e. The van der Waals surface area contributed by atoms with Crippen LogP contribution >= 0.6 is 0 Å². The maximum atomic E-state index is 14.4. The van der Waals surface area contributed by atoms with E-state index in [1.54, 1.807) is 45.0 Å². The zero-order valence-corrected chi connectivity index (χ0v) is 30.6. The van der Waals surface area contributed by atoms with Crippen molar-refractivity contribution in [2.24, 2.45) is 16.7 Å². The molecule has 1 aliphatic heterocycles. The number of hydrogen-bond donors (Lipinski definition) is 6. The topological polar surface area (TPSA) is 218 Å². The van der Waals surface area contributed by atoms with E-state index in [9.17, 15) is 44.7 Å². The minimum absolute atomic E-state index is 0.0325. The minimum atomic E-state index is -2.28. The molecule has 2 bridgehead atoms. The number of alkyl carbamates (subject to hydrolysis) is 1. The van der Waals surface area contributed by atoms with Crippen molar-refractivity contribution < 1.29 is 63.7 Å². The molecule has 14 heteroatoms. The molecular weight excluding hydrogens is 666 g/mol. The Morgan fingerprint density at radius 2 is 1.65 bits per heavy atom. The summed E-state index contributed by atoms with van der Waals surface area (Å²) in [5, 5.41) is 62.3. The summed E-state index contributed by atoms with van der Waals surface area (Å²) in [5.74, 6) is -4.29. The molecule has 0 spiro atoms. The number of aliphatic hydroxyl groups is 5. The van der Waals surface area contributed by atoms with E-state index in [-0.39, 0.29) is 24.2 Å². The Morgan fingerprint density at radius 3 is 2.18 bits per heavy atom. The fourth-order valence-corrected chi connectivity index (χ4v) is 8.79. The molecule has 1 aromatic rings. The summed E-state index contributed by atoms with van der Waals surface area (Å²) in [6.07, 6.45) is -11.1. The van der Waals surface area contributed by atoms with Gasteiger partial charge in [-0.3, -0.25) is 9.59 Å².